The van der Waals surface area contributed by atoms with Crippen LogP contribution in [0.5, 0.6) is 0 Å². The highest BCUT2D eigenvalue weighted by Crippen LogP contribution is 2.32. The fraction of sp³-hybridized carbons (Fsp3) is 0.450. The molecule has 0 radical (unpaired) electrons. The Labute approximate surface area is 148 Å². The van der Waals surface area contributed by atoms with Crippen LogP contribution in [-0.2, 0) is 6.42 Å². The van der Waals surface area contributed by atoms with E-state index in [1.807, 2.05) is 29.2 Å². The summed E-state index contributed by atoms with van der Waals surface area (Å²) in [4.78, 5) is 14.8. The number of amides is 1. The molecule has 1 atom stereocenters. The number of fused-ring (bicyclic) bond motifs is 1. The van der Waals surface area contributed by atoms with E-state index in [-0.39, 0.29) is 11.9 Å². The first-order valence-corrected chi connectivity index (χ1v) is 9.24. The number of carbonyl (C=O) groups excluding carboxylic acids is 1. The zero-order chi connectivity index (χ0) is 17.2. The van der Waals surface area contributed by atoms with Crippen LogP contribution in [0, 0.1) is 0 Å². The summed E-state index contributed by atoms with van der Waals surface area (Å²) in [6.07, 6.45) is 7.13. The van der Waals surface area contributed by atoms with Gasteiger partial charge in [0.25, 0.3) is 5.91 Å². The van der Waals surface area contributed by atoms with E-state index in [0.29, 0.717) is 11.7 Å². The van der Waals surface area contributed by atoms with E-state index in [1.54, 1.807) is 6.07 Å². The van der Waals surface area contributed by atoms with Crippen molar-refractivity contribution in [1.82, 2.24) is 10.2 Å². The lowest BCUT2D eigenvalue weighted by Crippen LogP contribution is -2.36. The Hall–Kier alpha value is -2.43. The van der Waals surface area contributed by atoms with Gasteiger partial charge in [-0.2, -0.15) is 0 Å². The first kappa shape index (κ1) is 16.1. The van der Waals surface area contributed by atoms with Gasteiger partial charge in [0.15, 0.2) is 5.69 Å². The molecular weight excluding hydrogens is 312 g/mol. The predicted molar refractivity (Wildman–Crippen MR) is 98.9 cm³/mol. The molecule has 4 rings (SSSR count). The number of carbonyl (C=O) groups is 1. The Morgan fingerprint density at radius 3 is 2.64 bits per heavy atom. The van der Waals surface area contributed by atoms with Crippen LogP contribution in [0.4, 0.5) is 11.5 Å². The summed E-state index contributed by atoms with van der Waals surface area (Å²) in [7, 11) is 0. The molecule has 1 amide bonds. The molecule has 2 aliphatic rings. The first-order valence-electron chi connectivity index (χ1n) is 9.24. The van der Waals surface area contributed by atoms with Crippen LogP contribution in [0.3, 0.4) is 0 Å². The summed E-state index contributed by atoms with van der Waals surface area (Å²) >= 11 is 0. The van der Waals surface area contributed by atoms with E-state index in [9.17, 15) is 4.79 Å². The molecule has 1 N–H and O–H groups in total. The number of anilines is 2. The predicted octanol–water partition coefficient (Wildman–Crippen LogP) is 3.81. The summed E-state index contributed by atoms with van der Waals surface area (Å²) in [6, 6.07) is 12.4. The Morgan fingerprint density at radius 2 is 1.88 bits per heavy atom. The second-order valence-corrected chi connectivity index (χ2v) is 7.14. The SMILES string of the molecule is CC1Cc2ccccc2N1C(=O)c1ccc(NC2CCCCC2)nn1. The third kappa shape index (κ3) is 3.23. The number of nitrogens with one attached hydrogen (secondary N) is 1. The van der Waals surface area contributed by atoms with Gasteiger partial charge in [0.1, 0.15) is 5.82 Å². The highest BCUT2D eigenvalue weighted by atomic mass is 16.2. The van der Waals surface area contributed by atoms with Gasteiger partial charge in [0.05, 0.1) is 0 Å². The summed E-state index contributed by atoms with van der Waals surface area (Å²) in [5, 5.41) is 11.9. The molecule has 25 heavy (non-hydrogen) atoms. The molecule has 1 unspecified atom stereocenters. The number of rotatable bonds is 3. The van der Waals surface area contributed by atoms with Gasteiger partial charge in [-0.25, -0.2) is 0 Å². The maximum atomic E-state index is 12.9. The van der Waals surface area contributed by atoms with Gasteiger partial charge in [-0.1, -0.05) is 37.5 Å². The minimum Gasteiger partial charge on any atom is -0.366 e. The van der Waals surface area contributed by atoms with Crippen molar-refractivity contribution in [1.29, 1.82) is 0 Å². The van der Waals surface area contributed by atoms with Crippen LogP contribution < -0.4 is 10.2 Å². The smallest absolute Gasteiger partial charge is 0.279 e. The van der Waals surface area contributed by atoms with Crippen molar-refractivity contribution in [3.05, 3.63) is 47.7 Å². The summed E-state index contributed by atoms with van der Waals surface area (Å²) < 4.78 is 0. The van der Waals surface area contributed by atoms with Gasteiger partial charge in [-0.15, -0.1) is 10.2 Å². The third-order valence-electron chi connectivity index (χ3n) is 5.27. The van der Waals surface area contributed by atoms with E-state index in [2.05, 4.69) is 28.5 Å². The lowest BCUT2D eigenvalue weighted by atomic mass is 9.95. The van der Waals surface area contributed by atoms with Crippen LogP contribution in [0.25, 0.3) is 0 Å². The number of hydrogen-bond donors (Lipinski definition) is 1. The molecule has 2 aromatic rings. The Kier molecular flexibility index (Phi) is 4.38. The standard InChI is InChI=1S/C20H24N4O/c1-14-13-15-7-5-6-10-18(15)24(14)20(25)17-11-12-19(23-22-17)21-16-8-3-2-4-9-16/h5-7,10-12,14,16H,2-4,8-9,13H2,1H3,(H,21,23). The fourth-order valence-electron chi connectivity index (χ4n) is 3.98. The maximum absolute atomic E-state index is 12.9. The van der Waals surface area contributed by atoms with Crippen molar-refractivity contribution >= 4 is 17.4 Å². The van der Waals surface area contributed by atoms with Gasteiger partial charge < -0.3 is 10.2 Å². The summed E-state index contributed by atoms with van der Waals surface area (Å²) in [5.41, 5.74) is 2.61. The Morgan fingerprint density at radius 1 is 1.08 bits per heavy atom. The van der Waals surface area contributed by atoms with E-state index in [1.165, 1.54) is 37.7 Å². The topological polar surface area (TPSA) is 58.1 Å². The summed E-state index contributed by atoms with van der Waals surface area (Å²) in [5.74, 6) is 0.687. The number of para-hydroxylation sites is 1. The van der Waals surface area contributed by atoms with Crippen molar-refractivity contribution in [2.45, 2.75) is 57.5 Å². The average Bonchev–Trinajstić information content (AvgIpc) is 2.98. The zero-order valence-electron chi connectivity index (χ0n) is 14.6. The van der Waals surface area contributed by atoms with E-state index in [4.69, 9.17) is 0 Å². The molecule has 0 spiro atoms. The highest BCUT2D eigenvalue weighted by Gasteiger charge is 2.32. The maximum Gasteiger partial charge on any atom is 0.279 e. The van der Waals surface area contributed by atoms with Crippen LogP contribution in [0.1, 0.15) is 55.1 Å². The van der Waals surface area contributed by atoms with Gasteiger partial charge >= 0.3 is 0 Å². The molecule has 5 nitrogen and oxygen atoms in total. The molecule has 2 heterocycles. The summed E-state index contributed by atoms with van der Waals surface area (Å²) in [6.45, 7) is 2.07. The molecule has 0 bridgehead atoms. The largest absolute Gasteiger partial charge is 0.366 e. The molecule has 1 saturated carbocycles. The van der Waals surface area contributed by atoms with Crippen molar-refractivity contribution in [3.8, 4) is 0 Å². The fourth-order valence-corrected chi connectivity index (χ4v) is 3.98. The van der Waals surface area contributed by atoms with Crippen molar-refractivity contribution in [2.75, 3.05) is 10.2 Å². The Bertz CT molecular complexity index is 753. The number of nitrogens with zero attached hydrogens (tertiary/aromatic N) is 3. The third-order valence-corrected chi connectivity index (χ3v) is 5.27. The second-order valence-electron chi connectivity index (χ2n) is 7.14. The van der Waals surface area contributed by atoms with Gasteiger partial charge in [0.2, 0.25) is 0 Å². The van der Waals surface area contributed by atoms with Crippen molar-refractivity contribution in [3.63, 3.8) is 0 Å². The zero-order valence-corrected chi connectivity index (χ0v) is 14.6. The molecule has 130 valence electrons. The average molecular weight is 336 g/mol. The molecule has 1 aromatic carbocycles. The van der Waals surface area contributed by atoms with Gasteiger partial charge in [-0.05, 0) is 49.9 Å². The monoisotopic (exact) mass is 336 g/mol. The molecule has 5 heteroatoms. The molecule has 1 aliphatic heterocycles. The van der Waals surface area contributed by atoms with Crippen LogP contribution in [0.2, 0.25) is 0 Å². The van der Waals surface area contributed by atoms with E-state index in [0.717, 1.165) is 17.9 Å². The highest BCUT2D eigenvalue weighted by molar-refractivity contribution is 6.06. The quantitative estimate of drug-likeness (QED) is 0.926. The van der Waals surface area contributed by atoms with E-state index < -0.39 is 0 Å². The molecule has 1 aromatic heterocycles. The van der Waals surface area contributed by atoms with Crippen LogP contribution in [-0.4, -0.2) is 28.2 Å². The normalized spacial score (nSPS) is 20.4. The van der Waals surface area contributed by atoms with E-state index >= 15 is 0 Å². The number of benzene rings is 1. The minimum absolute atomic E-state index is 0.0748. The number of hydrogen-bond acceptors (Lipinski definition) is 4. The van der Waals surface area contributed by atoms with Crippen molar-refractivity contribution < 1.29 is 4.79 Å². The molecule has 0 saturated heterocycles. The van der Waals surface area contributed by atoms with Gasteiger partial charge in [0, 0.05) is 17.8 Å². The first-order chi connectivity index (χ1) is 12.2. The lowest BCUT2D eigenvalue weighted by molar-refractivity contribution is 0.0975. The van der Waals surface area contributed by atoms with Crippen LogP contribution in [0.15, 0.2) is 36.4 Å². The van der Waals surface area contributed by atoms with Gasteiger partial charge in [-0.3, -0.25) is 4.79 Å². The second kappa shape index (κ2) is 6.82. The molecule has 1 fully saturated rings. The minimum atomic E-state index is -0.0748. The lowest BCUT2D eigenvalue weighted by Gasteiger charge is -2.23. The number of aromatic nitrogens is 2. The van der Waals surface area contributed by atoms with Crippen molar-refractivity contribution in [2.24, 2.45) is 0 Å². The molecule has 1 aliphatic carbocycles. The van der Waals surface area contributed by atoms with Crippen LogP contribution >= 0.6 is 0 Å². The molecular formula is C20H24N4O. The Balaban J connectivity index is 1.49.